The third-order valence-corrected chi connectivity index (χ3v) is 5.53. The second kappa shape index (κ2) is 8.08. The molecule has 0 aliphatic heterocycles. The summed E-state index contributed by atoms with van der Waals surface area (Å²) in [6.07, 6.45) is 3.42. The molecule has 27 heavy (non-hydrogen) atoms. The van der Waals surface area contributed by atoms with Gasteiger partial charge in [-0.25, -0.2) is 0 Å². The molecule has 0 saturated carbocycles. The number of hydrogen-bond donors (Lipinski definition) is 1. The van der Waals surface area contributed by atoms with Gasteiger partial charge in [0.1, 0.15) is 5.60 Å². The van der Waals surface area contributed by atoms with Crippen molar-refractivity contribution in [3.05, 3.63) is 107 Å². The zero-order valence-corrected chi connectivity index (χ0v) is 15.6. The molecule has 138 valence electrons. The van der Waals surface area contributed by atoms with E-state index in [1.54, 1.807) is 0 Å². The highest BCUT2D eigenvalue weighted by Gasteiger charge is 2.36. The zero-order valence-electron chi connectivity index (χ0n) is 15.6. The lowest BCUT2D eigenvalue weighted by Gasteiger charge is -2.31. The van der Waals surface area contributed by atoms with Crippen LogP contribution in [0.4, 0.5) is 0 Å². The Kier molecular flexibility index (Phi) is 5.38. The monoisotopic (exact) mass is 358 g/mol. The molecule has 0 aromatic heterocycles. The van der Waals surface area contributed by atoms with Gasteiger partial charge < -0.3 is 9.84 Å². The molecule has 0 bridgehead atoms. The highest BCUT2D eigenvalue weighted by atomic mass is 16.5. The van der Waals surface area contributed by atoms with Gasteiger partial charge in [0, 0.05) is 6.61 Å². The Hall–Kier alpha value is -2.42. The Morgan fingerprint density at radius 2 is 1.30 bits per heavy atom. The van der Waals surface area contributed by atoms with Gasteiger partial charge in [0.2, 0.25) is 0 Å². The van der Waals surface area contributed by atoms with Gasteiger partial charge in [-0.15, -0.1) is 0 Å². The van der Waals surface area contributed by atoms with Crippen molar-refractivity contribution in [2.45, 2.75) is 37.9 Å². The molecule has 1 N–H and O–H groups in total. The van der Waals surface area contributed by atoms with E-state index in [9.17, 15) is 5.11 Å². The van der Waals surface area contributed by atoms with Crippen LogP contribution in [0.2, 0.25) is 0 Å². The van der Waals surface area contributed by atoms with Crippen LogP contribution in [0, 0.1) is 0 Å². The second-order valence-corrected chi connectivity index (χ2v) is 7.32. The second-order valence-electron chi connectivity index (χ2n) is 7.32. The van der Waals surface area contributed by atoms with E-state index < -0.39 is 5.60 Å². The molecule has 0 spiro atoms. The third kappa shape index (κ3) is 3.83. The van der Waals surface area contributed by atoms with E-state index in [0.29, 0.717) is 19.6 Å². The van der Waals surface area contributed by atoms with Gasteiger partial charge in [-0.1, -0.05) is 78.9 Å². The van der Waals surface area contributed by atoms with Crippen molar-refractivity contribution in [2.24, 2.45) is 0 Å². The molecule has 3 aromatic carbocycles. The Balaban J connectivity index is 1.50. The number of aliphatic hydroxyl groups is 1. The van der Waals surface area contributed by atoms with E-state index in [-0.39, 0.29) is 0 Å². The number of aryl methyl sites for hydroxylation is 2. The Labute approximate surface area is 161 Å². The Morgan fingerprint density at radius 1 is 0.741 bits per heavy atom. The maximum atomic E-state index is 11.8. The van der Waals surface area contributed by atoms with Crippen LogP contribution >= 0.6 is 0 Å². The molecule has 0 atom stereocenters. The van der Waals surface area contributed by atoms with Crippen molar-refractivity contribution in [3.8, 4) is 0 Å². The summed E-state index contributed by atoms with van der Waals surface area (Å²) in [5.74, 6) is 0. The number of rotatable bonds is 6. The fourth-order valence-electron chi connectivity index (χ4n) is 4.16. The lowest BCUT2D eigenvalue weighted by molar-refractivity contribution is 0.0484. The highest BCUT2D eigenvalue weighted by Crippen LogP contribution is 2.40. The number of hydrogen-bond acceptors (Lipinski definition) is 2. The van der Waals surface area contributed by atoms with Crippen molar-refractivity contribution >= 4 is 0 Å². The van der Waals surface area contributed by atoms with E-state index in [2.05, 4.69) is 48.5 Å². The van der Waals surface area contributed by atoms with Crippen LogP contribution in [0.15, 0.2) is 78.9 Å². The average molecular weight is 358 g/mol. The molecule has 0 radical (unpaired) electrons. The fourth-order valence-corrected chi connectivity index (χ4v) is 4.16. The van der Waals surface area contributed by atoms with Gasteiger partial charge in [0.05, 0.1) is 6.61 Å². The largest absolute Gasteiger partial charge is 0.380 e. The molecular formula is C25H26O2. The molecule has 3 aromatic rings. The number of fused-ring (bicyclic) bond motifs is 2. The first-order chi connectivity index (χ1) is 13.3. The van der Waals surface area contributed by atoms with E-state index in [4.69, 9.17) is 4.74 Å². The quantitative estimate of drug-likeness (QED) is 0.627. The standard InChI is InChI=1S/C25H26O2/c26-25(17-8-18-27-19-20-9-2-1-3-10-20)23-13-6-4-11-21(23)15-16-22-12-5-7-14-24(22)25/h1-7,9-14,26H,8,15-19H2. The predicted octanol–water partition coefficient (Wildman–Crippen LogP) is 5.02. The van der Waals surface area contributed by atoms with E-state index >= 15 is 0 Å². The van der Waals surface area contributed by atoms with Crippen LogP contribution in [-0.4, -0.2) is 11.7 Å². The number of benzene rings is 3. The van der Waals surface area contributed by atoms with Crippen LogP contribution < -0.4 is 0 Å². The molecule has 1 aliphatic carbocycles. The maximum absolute atomic E-state index is 11.8. The van der Waals surface area contributed by atoms with Crippen LogP contribution in [0.25, 0.3) is 0 Å². The summed E-state index contributed by atoms with van der Waals surface area (Å²) in [5.41, 5.74) is 4.85. The first-order valence-electron chi connectivity index (χ1n) is 9.78. The van der Waals surface area contributed by atoms with Gasteiger partial charge in [0.25, 0.3) is 0 Å². The smallest absolute Gasteiger partial charge is 0.115 e. The van der Waals surface area contributed by atoms with E-state index in [1.165, 1.54) is 16.7 Å². The summed E-state index contributed by atoms with van der Waals surface area (Å²) in [5, 5.41) is 11.8. The van der Waals surface area contributed by atoms with E-state index in [0.717, 1.165) is 30.4 Å². The maximum Gasteiger partial charge on any atom is 0.115 e. The zero-order chi connectivity index (χ0) is 18.5. The lowest BCUT2D eigenvalue weighted by Crippen LogP contribution is -2.29. The van der Waals surface area contributed by atoms with Crippen LogP contribution in [0.3, 0.4) is 0 Å². The van der Waals surface area contributed by atoms with Crippen molar-refractivity contribution in [3.63, 3.8) is 0 Å². The Morgan fingerprint density at radius 3 is 1.93 bits per heavy atom. The van der Waals surface area contributed by atoms with Crippen molar-refractivity contribution in [2.75, 3.05) is 6.61 Å². The summed E-state index contributed by atoms with van der Waals surface area (Å²) in [7, 11) is 0. The molecule has 0 fully saturated rings. The molecule has 0 saturated heterocycles. The third-order valence-electron chi connectivity index (χ3n) is 5.53. The van der Waals surface area contributed by atoms with Gasteiger partial charge in [-0.3, -0.25) is 0 Å². The summed E-state index contributed by atoms with van der Waals surface area (Å²) < 4.78 is 5.85. The molecular weight excluding hydrogens is 332 g/mol. The SMILES string of the molecule is OC1(CCCOCc2ccccc2)c2ccccc2CCc2ccccc21. The summed E-state index contributed by atoms with van der Waals surface area (Å²) in [4.78, 5) is 0. The molecule has 0 amide bonds. The number of ether oxygens (including phenoxy) is 1. The summed E-state index contributed by atoms with van der Waals surface area (Å²) >= 11 is 0. The van der Waals surface area contributed by atoms with Crippen LogP contribution in [0.1, 0.15) is 40.7 Å². The first kappa shape index (κ1) is 18.0. The van der Waals surface area contributed by atoms with Crippen molar-refractivity contribution in [1.82, 2.24) is 0 Å². The van der Waals surface area contributed by atoms with Crippen LogP contribution in [0.5, 0.6) is 0 Å². The topological polar surface area (TPSA) is 29.5 Å². The minimum Gasteiger partial charge on any atom is -0.380 e. The normalized spacial score (nSPS) is 14.9. The molecule has 2 heteroatoms. The first-order valence-corrected chi connectivity index (χ1v) is 9.78. The minimum absolute atomic E-state index is 0.618. The predicted molar refractivity (Wildman–Crippen MR) is 109 cm³/mol. The van der Waals surface area contributed by atoms with Crippen LogP contribution in [-0.2, 0) is 29.8 Å². The van der Waals surface area contributed by atoms with Gasteiger partial charge in [-0.05, 0) is 53.5 Å². The molecule has 0 heterocycles. The van der Waals surface area contributed by atoms with Gasteiger partial charge >= 0.3 is 0 Å². The molecule has 2 nitrogen and oxygen atoms in total. The average Bonchev–Trinajstić information content (AvgIpc) is 2.84. The Bertz CT molecular complexity index is 838. The molecule has 4 rings (SSSR count). The van der Waals surface area contributed by atoms with Gasteiger partial charge in [-0.2, -0.15) is 0 Å². The minimum atomic E-state index is -0.945. The molecule has 0 unspecified atom stereocenters. The highest BCUT2D eigenvalue weighted by molar-refractivity contribution is 5.47. The molecule has 1 aliphatic rings. The summed E-state index contributed by atoms with van der Waals surface area (Å²) in [6, 6.07) is 26.9. The lowest BCUT2D eigenvalue weighted by atomic mass is 9.80. The van der Waals surface area contributed by atoms with Crippen molar-refractivity contribution < 1.29 is 9.84 Å². The fraction of sp³-hybridized carbons (Fsp3) is 0.280. The van der Waals surface area contributed by atoms with Gasteiger partial charge in [0.15, 0.2) is 0 Å². The van der Waals surface area contributed by atoms with E-state index in [1.807, 2.05) is 30.3 Å². The summed E-state index contributed by atoms with van der Waals surface area (Å²) in [6.45, 7) is 1.26. The van der Waals surface area contributed by atoms with Crippen molar-refractivity contribution in [1.29, 1.82) is 0 Å².